The van der Waals surface area contributed by atoms with Gasteiger partial charge in [-0.25, -0.2) is 0 Å². The van der Waals surface area contributed by atoms with Crippen molar-refractivity contribution in [2.45, 2.75) is 12.5 Å². The molecule has 1 rings (SSSR count). The van der Waals surface area contributed by atoms with Crippen molar-refractivity contribution in [3.63, 3.8) is 0 Å². The number of hydrogen-bond acceptors (Lipinski definition) is 3. The van der Waals surface area contributed by atoms with E-state index in [9.17, 15) is 5.11 Å². The fourth-order valence-corrected chi connectivity index (χ4v) is 2.27. The standard InChI is InChI=1S/C14H21NOS/c1-14(16,12-17-2)11-15-10-6-9-13-7-4-3-5-8-13/h3-9,15-16H,10-12H2,1-2H3/b9-6+. The molecule has 0 heterocycles. The van der Waals surface area contributed by atoms with Crippen molar-refractivity contribution in [1.82, 2.24) is 5.32 Å². The molecular formula is C14H21NOS. The maximum absolute atomic E-state index is 9.92. The van der Waals surface area contributed by atoms with Crippen molar-refractivity contribution in [1.29, 1.82) is 0 Å². The second-order valence-corrected chi connectivity index (χ2v) is 5.24. The fraction of sp³-hybridized carbons (Fsp3) is 0.429. The lowest BCUT2D eigenvalue weighted by atomic mass is 10.1. The Morgan fingerprint density at radius 2 is 2.06 bits per heavy atom. The molecule has 1 atom stereocenters. The van der Waals surface area contributed by atoms with E-state index < -0.39 is 5.60 Å². The number of thioether (sulfide) groups is 1. The monoisotopic (exact) mass is 251 g/mol. The number of rotatable bonds is 7. The lowest BCUT2D eigenvalue weighted by molar-refractivity contribution is 0.0861. The first-order valence-electron chi connectivity index (χ1n) is 5.78. The van der Waals surface area contributed by atoms with Crippen LogP contribution in [0.5, 0.6) is 0 Å². The van der Waals surface area contributed by atoms with Crippen LogP contribution >= 0.6 is 11.8 Å². The lowest BCUT2D eigenvalue weighted by Gasteiger charge is -2.22. The molecule has 0 saturated carbocycles. The Morgan fingerprint density at radius 1 is 1.35 bits per heavy atom. The van der Waals surface area contributed by atoms with Gasteiger partial charge >= 0.3 is 0 Å². The third-order valence-corrected chi connectivity index (χ3v) is 3.24. The summed E-state index contributed by atoms with van der Waals surface area (Å²) in [5.74, 6) is 0.752. The zero-order valence-corrected chi connectivity index (χ0v) is 11.3. The van der Waals surface area contributed by atoms with Crippen LogP contribution in [-0.4, -0.2) is 35.8 Å². The summed E-state index contributed by atoms with van der Waals surface area (Å²) in [6.07, 6.45) is 6.16. The van der Waals surface area contributed by atoms with Crippen LogP contribution in [0.1, 0.15) is 12.5 Å². The quantitative estimate of drug-likeness (QED) is 0.730. The van der Waals surface area contributed by atoms with Gasteiger partial charge in [0.05, 0.1) is 5.60 Å². The molecule has 17 heavy (non-hydrogen) atoms. The van der Waals surface area contributed by atoms with Crippen molar-refractivity contribution in [3.05, 3.63) is 42.0 Å². The van der Waals surface area contributed by atoms with Gasteiger partial charge in [-0.05, 0) is 18.7 Å². The average molecular weight is 251 g/mol. The van der Waals surface area contributed by atoms with Gasteiger partial charge < -0.3 is 10.4 Å². The van der Waals surface area contributed by atoms with Crippen LogP contribution in [0.4, 0.5) is 0 Å². The molecule has 0 bridgehead atoms. The fourth-order valence-electron chi connectivity index (χ4n) is 1.55. The maximum Gasteiger partial charge on any atom is 0.0833 e. The summed E-state index contributed by atoms with van der Waals surface area (Å²) in [6.45, 7) is 3.25. The van der Waals surface area contributed by atoms with E-state index in [2.05, 4.69) is 29.6 Å². The maximum atomic E-state index is 9.92. The molecule has 0 spiro atoms. The average Bonchev–Trinajstić information content (AvgIpc) is 2.30. The van der Waals surface area contributed by atoms with Crippen molar-refractivity contribution in [2.75, 3.05) is 25.1 Å². The smallest absolute Gasteiger partial charge is 0.0833 e. The molecule has 1 aromatic rings. The molecule has 0 fully saturated rings. The molecule has 0 saturated heterocycles. The van der Waals surface area contributed by atoms with Crippen LogP contribution in [-0.2, 0) is 0 Å². The minimum atomic E-state index is -0.625. The Labute approximate surface area is 108 Å². The zero-order chi connectivity index (χ0) is 12.6. The predicted octanol–water partition coefficient (Wildman–Crippen LogP) is 2.40. The van der Waals surface area contributed by atoms with Gasteiger partial charge in [0.2, 0.25) is 0 Å². The first kappa shape index (κ1) is 14.3. The van der Waals surface area contributed by atoms with E-state index in [1.165, 1.54) is 5.56 Å². The summed E-state index contributed by atoms with van der Waals surface area (Å²) in [4.78, 5) is 0. The van der Waals surface area contributed by atoms with E-state index >= 15 is 0 Å². The number of benzene rings is 1. The molecule has 0 radical (unpaired) electrons. The lowest BCUT2D eigenvalue weighted by Crippen LogP contribution is -2.40. The number of aliphatic hydroxyl groups is 1. The summed E-state index contributed by atoms with van der Waals surface area (Å²) in [5.41, 5.74) is 0.574. The van der Waals surface area contributed by atoms with Crippen molar-refractivity contribution < 1.29 is 5.11 Å². The Bertz CT molecular complexity index is 335. The molecule has 94 valence electrons. The largest absolute Gasteiger partial charge is 0.388 e. The van der Waals surface area contributed by atoms with Crippen LogP contribution in [0.15, 0.2) is 36.4 Å². The summed E-state index contributed by atoms with van der Waals surface area (Å²) in [5, 5.41) is 13.2. The molecule has 0 aliphatic carbocycles. The first-order chi connectivity index (χ1) is 8.14. The van der Waals surface area contributed by atoms with E-state index in [4.69, 9.17) is 0 Å². The molecule has 2 N–H and O–H groups in total. The van der Waals surface area contributed by atoms with Gasteiger partial charge in [-0.3, -0.25) is 0 Å². The van der Waals surface area contributed by atoms with Gasteiger partial charge in [0, 0.05) is 18.8 Å². The van der Waals surface area contributed by atoms with E-state index in [1.54, 1.807) is 11.8 Å². The highest BCUT2D eigenvalue weighted by Crippen LogP contribution is 2.08. The van der Waals surface area contributed by atoms with Crippen molar-refractivity contribution in [2.24, 2.45) is 0 Å². The van der Waals surface area contributed by atoms with E-state index in [0.29, 0.717) is 6.54 Å². The Kier molecular flexibility index (Phi) is 6.34. The Morgan fingerprint density at radius 3 is 2.71 bits per heavy atom. The molecule has 0 aliphatic rings. The first-order valence-corrected chi connectivity index (χ1v) is 7.17. The van der Waals surface area contributed by atoms with Crippen molar-refractivity contribution in [3.8, 4) is 0 Å². The topological polar surface area (TPSA) is 32.3 Å². The zero-order valence-electron chi connectivity index (χ0n) is 10.5. The van der Waals surface area contributed by atoms with Gasteiger partial charge in [-0.15, -0.1) is 0 Å². The SMILES string of the molecule is CSCC(C)(O)CNC/C=C/c1ccccc1. The third kappa shape index (κ3) is 6.51. The third-order valence-electron chi connectivity index (χ3n) is 2.33. The van der Waals surface area contributed by atoms with Gasteiger partial charge in [0.1, 0.15) is 0 Å². The molecule has 0 aromatic heterocycles. The Hall–Kier alpha value is -0.770. The van der Waals surface area contributed by atoms with Gasteiger partial charge in [0.15, 0.2) is 0 Å². The van der Waals surface area contributed by atoms with Crippen LogP contribution in [0, 0.1) is 0 Å². The van der Waals surface area contributed by atoms with Gasteiger partial charge in [-0.1, -0.05) is 42.5 Å². The Balaban J connectivity index is 2.22. The normalized spacial score (nSPS) is 15.0. The number of hydrogen-bond donors (Lipinski definition) is 2. The highest BCUT2D eigenvalue weighted by molar-refractivity contribution is 7.98. The summed E-state index contributed by atoms with van der Waals surface area (Å²) in [7, 11) is 0. The minimum absolute atomic E-state index is 0.618. The van der Waals surface area contributed by atoms with E-state index in [-0.39, 0.29) is 0 Å². The number of nitrogens with one attached hydrogen (secondary N) is 1. The minimum Gasteiger partial charge on any atom is -0.388 e. The van der Waals surface area contributed by atoms with Crippen LogP contribution in [0.25, 0.3) is 6.08 Å². The van der Waals surface area contributed by atoms with E-state index in [1.807, 2.05) is 31.4 Å². The molecule has 2 nitrogen and oxygen atoms in total. The summed E-state index contributed by atoms with van der Waals surface area (Å²) in [6, 6.07) is 10.2. The second-order valence-electron chi connectivity index (χ2n) is 4.37. The molecule has 1 aromatic carbocycles. The van der Waals surface area contributed by atoms with Crippen LogP contribution in [0.3, 0.4) is 0 Å². The van der Waals surface area contributed by atoms with Crippen LogP contribution in [0.2, 0.25) is 0 Å². The van der Waals surface area contributed by atoms with Gasteiger partial charge in [0.25, 0.3) is 0 Å². The summed E-state index contributed by atoms with van der Waals surface area (Å²) >= 11 is 1.66. The van der Waals surface area contributed by atoms with Crippen molar-refractivity contribution >= 4 is 17.8 Å². The molecule has 3 heteroatoms. The van der Waals surface area contributed by atoms with Gasteiger partial charge in [-0.2, -0.15) is 11.8 Å². The van der Waals surface area contributed by atoms with E-state index in [0.717, 1.165) is 12.3 Å². The highest BCUT2D eigenvalue weighted by atomic mass is 32.2. The highest BCUT2D eigenvalue weighted by Gasteiger charge is 2.17. The molecule has 0 amide bonds. The molecule has 1 unspecified atom stereocenters. The molecule has 0 aliphatic heterocycles. The van der Waals surface area contributed by atoms with Crippen LogP contribution < -0.4 is 5.32 Å². The second kappa shape index (κ2) is 7.54. The predicted molar refractivity (Wildman–Crippen MR) is 77.4 cm³/mol. The molecular weight excluding hydrogens is 230 g/mol. The summed E-state index contributed by atoms with van der Waals surface area (Å²) < 4.78 is 0.